The summed E-state index contributed by atoms with van der Waals surface area (Å²) in [6.45, 7) is 14.0. The van der Waals surface area contributed by atoms with Crippen LogP contribution in [0.4, 0.5) is 0 Å². The Bertz CT molecular complexity index is 1770. The van der Waals surface area contributed by atoms with E-state index in [1.54, 1.807) is 0 Å². The van der Waals surface area contributed by atoms with E-state index in [1.807, 2.05) is 0 Å². The number of aliphatic hydroxyl groups is 1. The molecule has 0 saturated carbocycles. The lowest BCUT2D eigenvalue weighted by molar-refractivity contribution is -0.161. The van der Waals surface area contributed by atoms with E-state index in [2.05, 4.69) is 55.4 Å². The predicted octanol–water partition coefficient (Wildman–Crippen LogP) is 19.7. The zero-order valence-corrected chi connectivity index (χ0v) is 59.8. The third-order valence-electron chi connectivity index (χ3n) is 16.8. The normalized spacial score (nSPS) is 14.9. The summed E-state index contributed by atoms with van der Waals surface area (Å²) in [6, 6.07) is 0. The number of hydrogen-bond donors (Lipinski definition) is 3. The molecule has 17 nitrogen and oxygen atoms in total. The first kappa shape index (κ1) is 87.1. The smallest absolute Gasteiger partial charge is 0.462 e. The van der Waals surface area contributed by atoms with Crippen molar-refractivity contribution in [3.05, 3.63) is 0 Å². The lowest BCUT2D eigenvalue weighted by Crippen LogP contribution is -2.30. The first-order chi connectivity index (χ1) is 42.7. The van der Waals surface area contributed by atoms with Crippen LogP contribution in [0.5, 0.6) is 0 Å². The Morgan fingerprint density at radius 2 is 0.539 bits per heavy atom. The van der Waals surface area contributed by atoms with E-state index in [1.165, 1.54) is 135 Å². The second-order valence-electron chi connectivity index (χ2n) is 26.7. The minimum atomic E-state index is -4.95. The van der Waals surface area contributed by atoms with Gasteiger partial charge in [0.1, 0.15) is 19.3 Å². The van der Waals surface area contributed by atoms with Crippen molar-refractivity contribution in [3.63, 3.8) is 0 Å². The van der Waals surface area contributed by atoms with Crippen LogP contribution in [0.15, 0.2) is 0 Å². The fourth-order valence-electron chi connectivity index (χ4n) is 10.4. The first-order valence-corrected chi connectivity index (χ1v) is 39.3. The molecule has 5 unspecified atom stereocenters. The lowest BCUT2D eigenvalue weighted by Gasteiger charge is -2.21. The Kier molecular flexibility index (Phi) is 58.5. The average Bonchev–Trinajstić information content (AvgIpc) is 3.71. The molecule has 3 N–H and O–H groups in total. The summed E-state index contributed by atoms with van der Waals surface area (Å²) in [6.07, 6.45) is 41.9. The number of aliphatic hydroxyl groups excluding tert-OH is 1. The molecular weight excluding hydrogens is 1170 g/mol. The van der Waals surface area contributed by atoms with E-state index in [0.29, 0.717) is 31.6 Å². The Morgan fingerprint density at radius 3 is 0.798 bits per heavy atom. The molecule has 0 aliphatic rings. The molecule has 0 radical (unpaired) electrons. The maximum absolute atomic E-state index is 13.0. The minimum absolute atomic E-state index is 0.102. The Labute approximate surface area is 543 Å². The Hall–Kier alpha value is -1.94. The van der Waals surface area contributed by atoms with Crippen molar-refractivity contribution in [3.8, 4) is 0 Å². The molecule has 0 aromatic carbocycles. The molecule has 0 heterocycles. The SMILES string of the molecule is CCC(C)CCCCCCCCC(=O)OC[C@H](COP(=O)(O)OCC(O)COP(=O)(O)OC[C@@H](COC(=O)CCCCCCCCCC(C)C)OC(=O)CCCCCCCCCCCCCCCCCCC(C)C)OC(=O)CCCCCCCCC(C)CC. The van der Waals surface area contributed by atoms with Crippen molar-refractivity contribution in [2.45, 2.75) is 363 Å². The maximum atomic E-state index is 13.0. The summed E-state index contributed by atoms with van der Waals surface area (Å²) < 4.78 is 68.2. The van der Waals surface area contributed by atoms with E-state index < -0.39 is 97.5 Å². The van der Waals surface area contributed by atoms with Gasteiger partial charge in [0.2, 0.25) is 0 Å². The maximum Gasteiger partial charge on any atom is 0.472 e. The largest absolute Gasteiger partial charge is 0.472 e. The van der Waals surface area contributed by atoms with E-state index in [-0.39, 0.29) is 25.7 Å². The summed E-state index contributed by atoms with van der Waals surface area (Å²) in [7, 11) is -9.90. The van der Waals surface area contributed by atoms with Crippen molar-refractivity contribution in [1.29, 1.82) is 0 Å². The van der Waals surface area contributed by atoms with Crippen molar-refractivity contribution >= 4 is 39.5 Å². The van der Waals surface area contributed by atoms with Crippen LogP contribution in [0.3, 0.4) is 0 Å². The number of carbonyl (C=O) groups excluding carboxylic acids is 4. The second-order valence-corrected chi connectivity index (χ2v) is 29.6. The first-order valence-electron chi connectivity index (χ1n) is 36.3. The highest BCUT2D eigenvalue weighted by Gasteiger charge is 2.30. The second kappa shape index (κ2) is 59.8. The number of carbonyl (C=O) groups is 4. The highest BCUT2D eigenvalue weighted by atomic mass is 31.2. The highest BCUT2D eigenvalue weighted by Crippen LogP contribution is 2.45. The van der Waals surface area contributed by atoms with Gasteiger partial charge in [-0.1, -0.05) is 293 Å². The van der Waals surface area contributed by atoms with Crippen LogP contribution in [0.25, 0.3) is 0 Å². The lowest BCUT2D eigenvalue weighted by atomic mass is 10.00. The molecule has 89 heavy (non-hydrogen) atoms. The van der Waals surface area contributed by atoms with Crippen molar-refractivity contribution in [2.75, 3.05) is 39.6 Å². The standard InChI is InChI=1S/C70H136O17P2/c1-9-62(7)48-40-32-26-28-35-43-51-68(73)81-57-66(87-70(75)53-45-37-29-27-33-41-49-63(8)10-2)59-85-89(78,79)83-55-64(71)54-82-88(76,77)84-58-65(56-80-67(72)50-42-34-25-21-23-31-39-47-61(5)6)86-69(74)52-44-36-24-20-18-16-14-12-11-13-15-17-19-22-30-38-46-60(3)4/h60-66,71H,9-59H2,1-8H3,(H,76,77)(H,78,79)/t62?,63?,64?,65-,66-/m1/s1. The number of phosphoric acid groups is 2. The van der Waals surface area contributed by atoms with Crippen LogP contribution in [0.2, 0.25) is 0 Å². The van der Waals surface area contributed by atoms with Gasteiger partial charge in [-0.05, 0) is 49.4 Å². The van der Waals surface area contributed by atoms with E-state index in [0.717, 1.165) is 120 Å². The molecule has 0 bridgehead atoms. The molecule has 7 atom stereocenters. The Morgan fingerprint density at radius 1 is 0.315 bits per heavy atom. The number of rotatable bonds is 67. The summed E-state index contributed by atoms with van der Waals surface area (Å²) in [5, 5.41) is 10.6. The molecule has 0 aromatic rings. The van der Waals surface area contributed by atoms with E-state index in [4.69, 9.17) is 37.0 Å². The fourth-order valence-corrected chi connectivity index (χ4v) is 12.0. The highest BCUT2D eigenvalue weighted by molar-refractivity contribution is 7.47. The number of hydrogen-bond acceptors (Lipinski definition) is 15. The summed E-state index contributed by atoms with van der Waals surface area (Å²) >= 11 is 0. The molecule has 0 aliphatic heterocycles. The molecule has 0 saturated heterocycles. The number of unbranched alkanes of at least 4 members (excludes halogenated alkanes) is 31. The van der Waals surface area contributed by atoms with Gasteiger partial charge in [0, 0.05) is 25.7 Å². The van der Waals surface area contributed by atoms with Gasteiger partial charge in [-0.2, -0.15) is 0 Å². The van der Waals surface area contributed by atoms with Crippen LogP contribution < -0.4 is 0 Å². The molecule has 0 aromatic heterocycles. The van der Waals surface area contributed by atoms with Crippen LogP contribution in [-0.4, -0.2) is 96.7 Å². The summed E-state index contributed by atoms with van der Waals surface area (Å²) in [5.41, 5.74) is 0. The third-order valence-corrected chi connectivity index (χ3v) is 18.7. The van der Waals surface area contributed by atoms with Gasteiger partial charge < -0.3 is 33.8 Å². The van der Waals surface area contributed by atoms with E-state index >= 15 is 0 Å². The summed E-state index contributed by atoms with van der Waals surface area (Å²) in [5.74, 6) is 0.831. The molecule has 19 heteroatoms. The van der Waals surface area contributed by atoms with Gasteiger partial charge in [-0.15, -0.1) is 0 Å². The molecule has 0 aliphatic carbocycles. The van der Waals surface area contributed by atoms with Crippen molar-refractivity contribution in [1.82, 2.24) is 0 Å². The molecule has 0 fully saturated rings. The topological polar surface area (TPSA) is 237 Å². The van der Waals surface area contributed by atoms with Gasteiger partial charge in [0.15, 0.2) is 12.2 Å². The van der Waals surface area contributed by atoms with Gasteiger partial charge in [0.25, 0.3) is 0 Å². The van der Waals surface area contributed by atoms with Gasteiger partial charge in [-0.3, -0.25) is 37.3 Å². The van der Waals surface area contributed by atoms with E-state index in [9.17, 15) is 43.2 Å². The number of ether oxygens (including phenoxy) is 4. The van der Waals surface area contributed by atoms with Gasteiger partial charge in [-0.25, -0.2) is 9.13 Å². The number of phosphoric ester groups is 2. The third kappa shape index (κ3) is 62.0. The monoisotopic (exact) mass is 1310 g/mol. The van der Waals surface area contributed by atoms with Crippen LogP contribution >= 0.6 is 15.6 Å². The quantitative estimate of drug-likeness (QED) is 0.0222. The van der Waals surface area contributed by atoms with Crippen LogP contribution in [0, 0.1) is 23.7 Å². The van der Waals surface area contributed by atoms with Crippen molar-refractivity contribution < 1.29 is 80.2 Å². The van der Waals surface area contributed by atoms with Gasteiger partial charge in [0.05, 0.1) is 26.4 Å². The van der Waals surface area contributed by atoms with Crippen LogP contribution in [-0.2, 0) is 65.4 Å². The molecule has 528 valence electrons. The average molecular weight is 1310 g/mol. The molecule has 0 spiro atoms. The minimum Gasteiger partial charge on any atom is -0.462 e. The molecular formula is C70H136O17P2. The predicted molar refractivity (Wildman–Crippen MR) is 358 cm³/mol. The van der Waals surface area contributed by atoms with Crippen LogP contribution in [0.1, 0.15) is 344 Å². The molecule has 0 rings (SSSR count). The summed E-state index contributed by atoms with van der Waals surface area (Å²) in [4.78, 5) is 72.4. The number of esters is 4. The zero-order chi connectivity index (χ0) is 66.1. The Balaban J connectivity index is 5.20. The van der Waals surface area contributed by atoms with Crippen molar-refractivity contribution in [2.24, 2.45) is 23.7 Å². The zero-order valence-electron chi connectivity index (χ0n) is 58.1. The molecule has 0 amide bonds. The van der Waals surface area contributed by atoms with Gasteiger partial charge >= 0.3 is 39.5 Å². The fraction of sp³-hybridized carbons (Fsp3) is 0.943.